The molecular weight excluding hydrogens is 502 g/mol. The molecule has 2 fully saturated rings. The molecular formula is C29H39N3O7. The molecule has 1 aliphatic carbocycles. The molecule has 1 aromatic rings. The minimum Gasteiger partial charge on any atom is -0.496 e. The molecule has 39 heavy (non-hydrogen) atoms. The predicted octanol–water partition coefficient (Wildman–Crippen LogP) is 0.533. The van der Waals surface area contributed by atoms with E-state index in [0.717, 1.165) is 5.56 Å². The van der Waals surface area contributed by atoms with E-state index in [1.807, 2.05) is 6.92 Å². The molecule has 0 bridgehead atoms. The van der Waals surface area contributed by atoms with E-state index in [4.69, 9.17) is 15.2 Å². The summed E-state index contributed by atoms with van der Waals surface area (Å²) in [6.07, 6.45) is 2.63. The number of carbonyl (C=O) groups excluding carboxylic acids is 2. The normalized spacial score (nSPS) is 26.1. The lowest BCUT2D eigenvalue weighted by molar-refractivity contribution is -0.151. The summed E-state index contributed by atoms with van der Waals surface area (Å²) in [6, 6.07) is 2.51. The van der Waals surface area contributed by atoms with Crippen molar-refractivity contribution in [1.29, 1.82) is 0 Å². The highest BCUT2D eigenvalue weighted by Gasteiger charge is 2.61. The Hall–Kier alpha value is -3.79. The molecule has 1 heterocycles. The third kappa shape index (κ3) is 5.80. The molecule has 1 aromatic carbocycles. The van der Waals surface area contributed by atoms with Gasteiger partial charge in [-0.3, -0.25) is 9.59 Å². The van der Waals surface area contributed by atoms with Crippen LogP contribution in [0.25, 0.3) is 12.3 Å². The number of likely N-dealkylation sites (tertiary alicyclic amines) is 1. The molecule has 1 saturated carbocycles. The van der Waals surface area contributed by atoms with Gasteiger partial charge in [0.2, 0.25) is 5.91 Å². The van der Waals surface area contributed by atoms with Crippen LogP contribution < -0.4 is 26.2 Å². The molecule has 0 spiro atoms. The maximum Gasteiger partial charge on any atom is 0.330 e. The van der Waals surface area contributed by atoms with Crippen molar-refractivity contribution in [3.63, 3.8) is 0 Å². The zero-order valence-electron chi connectivity index (χ0n) is 23.2. The molecule has 10 heteroatoms. The summed E-state index contributed by atoms with van der Waals surface area (Å²) in [5.41, 5.74) is 4.27. The molecule has 2 unspecified atom stereocenters. The van der Waals surface area contributed by atoms with Crippen LogP contribution in [0.5, 0.6) is 5.75 Å². The molecule has 212 valence electrons. The van der Waals surface area contributed by atoms with Crippen LogP contribution in [0.3, 0.4) is 0 Å². The number of carboxylic acids is 1. The van der Waals surface area contributed by atoms with Crippen LogP contribution >= 0.6 is 0 Å². The summed E-state index contributed by atoms with van der Waals surface area (Å²) in [4.78, 5) is 40.1. The second-order valence-electron chi connectivity index (χ2n) is 11.2. The van der Waals surface area contributed by atoms with Gasteiger partial charge in [-0.2, -0.15) is 0 Å². The summed E-state index contributed by atoms with van der Waals surface area (Å²) >= 11 is 0. The molecule has 1 saturated heterocycles. The zero-order chi connectivity index (χ0) is 29.3. The van der Waals surface area contributed by atoms with Gasteiger partial charge in [-0.15, -0.1) is 6.58 Å². The number of hydrogen-bond donors (Lipinski definition) is 4. The van der Waals surface area contributed by atoms with Gasteiger partial charge in [0.05, 0.1) is 13.7 Å². The van der Waals surface area contributed by atoms with Crippen LogP contribution in [0.1, 0.15) is 39.2 Å². The van der Waals surface area contributed by atoms with E-state index in [2.05, 4.69) is 18.5 Å². The Labute approximate surface area is 228 Å². The van der Waals surface area contributed by atoms with Crippen molar-refractivity contribution >= 4 is 30.1 Å². The number of methoxy groups -OCH3 is 1. The molecule has 10 nitrogen and oxygen atoms in total. The average molecular weight is 542 g/mol. The van der Waals surface area contributed by atoms with Gasteiger partial charge >= 0.3 is 5.97 Å². The number of rotatable bonds is 9. The first-order chi connectivity index (χ1) is 18.2. The fourth-order valence-corrected chi connectivity index (χ4v) is 4.87. The fraction of sp³-hybridized carbons (Fsp3) is 0.483. The lowest BCUT2D eigenvalue weighted by Crippen LogP contribution is -2.55. The van der Waals surface area contributed by atoms with Crippen molar-refractivity contribution in [2.75, 3.05) is 13.7 Å². The number of carbonyl (C=O) groups is 3. The van der Waals surface area contributed by atoms with Gasteiger partial charge in [-0.1, -0.05) is 33.4 Å². The van der Waals surface area contributed by atoms with Gasteiger partial charge in [0.15, 0.2) is 0 Å². The first kappa shape index (κ1) is 29.8. The maximum atomic E-state index is 13.4. The van der Waals surface area contributed by atoms with Crippen LogP contribution in [0.2, 0.25) is 0 Å². The molecule has 2 amide bonds. The molecule has 5 N–H and O–H groups in total. The minimum absolute atomic E-state index is 0.00145. The first-order valence-corrected chi connectivity index (χ1v) is 12.8. The van der Waals surface area contributed by atoms with Crippen LogP contribution in [-0.2, 0) is 19.1 Å². The smallest absolute Gasteiger partial charge is 0.330 e. The molecule has 3 rings (SSSR count). The van der Waals surface area contributed by atoms with E-state index >= 15 is 0 Å². The summed E-state index contributed by atoms with van der Waals surface area (Å²) in [5, 5.41) is 24.5. The van der Waals surface area contributed by atoms with E-state index in [0.29, 0.717) is 21.9 Å². The Morgan fingerprint density at radius 3 is 2.49 bits per heavy atom. The number of aliphatic carboxylic acids is 1. The zero-order valence-corrected chi connectivity index (χ0v) is 23.2. The number of nitrogens with two attached hydrogens (primary N) is 1. The molecule has 1 aliphatic heterocycles. The highest BCUT2D eigenvalue weighted by atomic mass is 16.5. The number of amides is 2. The van der Waals surface area contributed by atoms with Crippen LogP contribution in [0.15, 0.2) is 37.1 Å². The largest absolute Gasteiger partial charge is 0.496 e. The van der Waals surface area contributed by atoms with Crippen molar-refractivity contribution < 1.29 is 34.1 Å². The Bertz CT molecular complexity index is 1300. The summed E-state index contributed by atoms with van der Waals surface area (Å²) in [6.45, 7) is 14.8. The monoisotopic (exact) mass is 541 g/mol. The van der Waals surface area contributed by atoms with Gasteiger partial charge in [-0.05, 0) is 54.0 Å². The van der Waals surface area contributed by atoms with E-state index in [1.54, 1.807) is 46.1 Å². The number of ether oxygens (including phenoxy) is 2. The lowest BCUT2D eigenvalue weighted by Gasteiger charge is -2.32. The third-order valence-corrected chi connectivity index (χ3v) is 7.51. The van der Waals surface area contributed by atoms with E-state index < -0.39 is 52.9 Å². The van der Waals surface area contributed by atoms with Crippen LogP contribution in [0, 0.1) is 18.3 Å². The van der Waals surface area contributed by atoms with E-state index in [-0.39, 0.29) is 19.4 Å². The number of carboxylic acid groups (broad SMARTS) is 1. The van der Waals surface area contributed by atoms with Gasteiger partial charge in [0.25, 0.3) is 5.91 Å². The van der Waals surface area contributed by atoms with Gasteiger partial charge in [0, 0.05) is 17.6 Å². The lowest BCUT2D eigenvalue weighted by atomic mass is 9.88. The van der Waals surface area contributed by atoms with Crippen molar-refractivity contribution in [3.8, 4) is 5.75 Å². The fourth-order valence-electron chi connectivity index (χ4n) is 4.87. The quantitative estimate of drug-likeness (QED) is 0.331. The predicted molar refractivity (Wildman–Crippen MR) is 147 cm³/mol. The van der Waals surface area contributed by atoms with Crippen LogP contribution in [0.4, 0.5) is 0 Å². The Morgan fingerprint density at radius 1 is 1.31 bits per heavy atom. The third-order valence-electron chi connectivity index (χ3n) is 7.51. The average Bonchev–Trinajstić information content (AvgIpc) is 3.44. The van der Waals surface area contributed by atoms with Gasteiger partial charge in [-0.25, -0.2) is 4.79 Å². The molecule has 2 aliphatic rings. The highest BCUT2D eigenvalue weighted by molar-refractivity contribution is 5.95. The maximum absolute atomic E-state index is 13.4. The first-order valence-electron chi connectivity index (χ1n) is 12.8. The molecule has 0 radical (unpaired) electrons. The van der Waals surface area contributed by atoms with Crippen LogP contribution in [-0.4, -0.2) is 70.3 Å². The Kier molecular flexibility index (Phi) is 8.50. The molecule has 5 atom stereocenters. The number of nitrogens with zero attached hydrogens (tertiary/aromatic N) is 1. The van der Waals surface area contributed by atoms with Crippen molar-refractivity contribution in [2.24, 2.45) is 17.1 Å². The molecule has 0 aromatic heterocycles. The van der Waals surface area contributed by atoms with E-state index in [1.165, 1.54) is 17.2 Å². The van der Waals surface area contributed by atoms with Gasteiger partial charge in [0.1, 0.15) is 35.3 Å². The minimum atomic E-state index is -1.46. The number of aliphatic hydroxyl groups excluding tert-OH is 1. The Morgan fingerprint density at radius 2 is 1.97 bits per heavy atom. The van der Waals surface area contributed by atoms with E-state index in [9.17, 15) is 24.6 Å². The standard InChI is InChI=1S/C29H39N3O7/c1-8-18-14-29(18,27(36)37)31-25(34)21-13-19(15-32(21)26(35)24(33)28(4,5)6)39-23(11-12-30)20-9-10-22(38-7)17(3)16(20)2/h8-12,18-19,21,24,33H,1-2,13-15,30H2,3-7H3,(H,31,34)(H,36,37)/b12-11-,23-20+/t18?,19?,21-,24+,29+/m0/s1. The van der Waals surface area contributed by atoms with Gasteiger partial charge < -0.3 is 35.6 Å². The number of nitrogens with one attached hydrogen (secondary N) is 1. The Balaban J connectivity index is 1.98. The topological polar surface area (TPSA) is 151 Å². The second-order valence-corrected chi connectivity index (χ2v) is 11.2. The summed E-state index contributed by atoms with van der Waals surface area (Å²) in [7, 11) is 1.57. The van der Waals surface area contributed by atoms with Crippen molar-refractivity contribution in [3.05, 3.63) is 53.1 Å². The summed E-state index contributed by atoms with van der Waals surface area (Å²) in [5.74, 6) is -1.80. The number of benzene rings is 1. The van der Waals surface area contributed by atoms with Crippen molar-refractivity contribution in [1.82, 2.24) is 10.2 Å². The highest BCUT2D eigenvalue weighted by Crippen LogP contribution is 2.45. The van der Waals surface area contributed by atoms with Crippen molar-refractivity contribution in [2.45, 2.75) is 64.3 Å². The SMILES string of the molecule is C=CC1C[C@]1(NC(=O)[C@@H]1CC(OC(/C=C\N)=c2\ccc(OC)c(C)c2=C)CN1C(=O)[C@@H](O)C(C)(C)C)C(=O)O. The number of hydrogen-bond acceptors (Lipinski definition) is 7. The summed E-state index contributed by atoms with van der Waals surface area (Å²) < 4.78 is 11.7. The second kappa shape index (κ2) is 11.1. The number of aliphatic hydroxyl groups is 1.